The first-order valence-corrected chi connectivity index (χ1v) is 13.0. The van der Waals surface area contributed by atoms with Crippen molar-refractivity contribution in [1.29, 1.82) is 0 Å². The SMILES string of the molecule is Cc1ccc(-c2ccccc2)n1-c1ccc(C(=O)N/N=C/c2ccc(OCc3ccccc3)c(Br)c2)cc1. The van der Waals surface area contributed by atoms with Crippen LogP contribution in [-0.2, 0) is 6.61 Å². The first-order chi connectivity index (χ1) is 18.6. The van der Waals surface area contributed by atoms with Crippen molar-refractivity contribution < 1.29 is 9.53 Å². The van der Waals surface area contributed by atoms with Gasteiger partial charge in [-0.05, 0) is 94.1 Å². The molecule has 5 nitrogen and oxygen atoms in total. The first kappa shape index (κ1) is 25.2. The molecule has 0 fully saturated rings. The fraction of sp³-hybridized carbons (Fsp3) is 0.0625. The van der Waals surface area contributed by atoms with Gasteiger partial charge in [-0.25, -0.2) is 5.43 Å². The number of carbonyl (C=O) groups excluding carboxylic acids is 1. The molecule has 0 aliphatic carbocycles. The summed E-state index contributed by atoms with van der Waals surface area (Å²) in [6.45, 7) is 2.56. The average molecular weight is 564 g/mol. The Labute approximate surface area is 230 Å². The molecule has 5 aromatic rings. The summed E-state index contributed by atoms with van der Waals surface area (Å²) in [7, 11) is 0. The number of halogens is 1. The minimum atomic E-state index is -0.276. The van der Waals surface area contributed by atoms with Gasteiger partial charge in [-0.3, -0.25) is 4.79 Å². The maximum absolute atomic E-state index is 12.7. The zero-order valence-corrected chi connectivity index (χ0v) is 22.4. The number of aryl methyl sites for hydroxylation is 1. The average Bonchev–Trinajstić information content (AvgIpc) is 3.35. The number of hydrazone groups is 1. The van der Waals surface area contributed by atoms with Crippen molar-refractivity contribution in [3.05, 3.63) is 142 Å². The smallest absolute Gasteiger partial charge is 0.271 e. The number of hydrogen-bond acceptors (Lipinski definition) is 3. The van der Waals surface area contributed by atoms with E-state index in [4.69, 9.17) is 4.74 Å². The Balaban J connectivity index is 1.21. The molecule has 0 aliphatic rings. The Morgan fingerprint density at radius 2 is 1.61 bits per heavy atom. The van der Waals surface area contributed by atoms with Crippen LogP contribution in [0.2, 0.25) is 0 Å². The zero-order chi connectivity index (χ0) is 26.3. The highest BCUT2D eigenvalue weighted by molar-refractivity contribution is 9.10. The van der Waals surface area contributed by atoms with E-state index in [1.165, 1.54) is 0 Å². The third-order valence-corrected chi connectivity index (χ3v) is 6.73. The van der Waals surface area contributed by atoms with E-state index in [0.717, 1.165) is 44.0 Å². The predicted molar refractivity (Wildman–Crippen MR) is 156 cm³/mol. The van der Waals surface area contributed by atoms with Crippen LogP contribution in [-0.4, -0.2) is 16.7 Å². The number of benzene rings is 4. The molecule has 1 aromatic heterocycles. The van der Waals surface area contributed by atoms with Gasteiger partial charge in [0.05, 0.1) is 16.4 Å². The van der Waals surface area contributed by atoms with E-state index in [9.17, 15) is 4.79 Å². The Kier molecular flexibility index (Phi) is 7.81. The van der Waals surface area contributed by atoms with Gasteiger partial charge >= 0.3 is 0 Å². The number of aromatic nitrogens is 1. The van der Waals surface area contributed by atoms with Gasteiger partial charge in [0.1, 0.15) is 12.4 Å². The summed E-state index contributed by atoms with van der Waals surface area (Å²) in [6.07, 6.45) is 1.60. The highest BCUT2D eigenvalue weighted by atomic mass is 79.9. The molecule has 6 heteroatoms. The quantitative estimate of drug-likeness (QED) is 0.156. The van der Waals surface area contributed by atoms with Gasteiger partial charge in [0.15, 0.2) is 0 Å². The van der Waals surface area contributed by atoms with Crippen LogP contribution in [0.25, 0.3) is 16.9 Å². The van der Waals surface area contributed by atoms with E-state index >= 15 is 0 Å². The van der Waals surface area contributed by atoms with Gasteiger partial charge in [-0.2, -0.15) is 5.10 Å². The molecule has 0 saturated carbocycles. The molecule has 0 bridgehead atoms. The lowest BCUT2D eigenvalue weighted by atomic mass is 10.1. The summed E-state index contributed by atoms with van der Waals surface area (Å²) in [5.41, 5.74) is 9.42. The van der Waals surface area contributed by atoms with Crippen molar-refractivity contribution in [3.8, 4) is 22.7 Å². The topological polar surface area (TPSA) is 55.6 Å². The van der Waals surface area contributed by atoms with Crippen molar-refractivity contribution >= 4 is 28.1 Å². The molecule has 0 aliphatic heterocycles. The number of rotatable bonds is 8. The molecule has 38 heavy (non-hydrogen) atoms. The first-order valence-electron chi connectivity index (χ1n) is 12.2. The number of carbonyl (C=O) groups is 1. The Bertz CT molecular complexity index is 1560. The predicted octanol–water partition coefficient (Wildman–Crippen LogP) is 7.56. The number of ether oxygens (including phenoxy) is 1. The van der Waals surface area contributed by atoms with Gasteiger partial charge in [-0.1, -0.05) is 60.7 Å². The second-order valence-corrected chi connectivity index (χ2v) is 9.63. The fourth-order valence-electron chi connectivity index (χ4n) is 4.16. The molecule has 0 unspecified atom stereocenters. The molecule has 0 spiro atoms. The summed E-state index contributed by atoms with van der Waals surface area (Å²) in [5.74, 6) is 0.464. The van der Waals surface area contributed by atoms with E-state index in [1.807, 2.05) is 91.0 Å². The van der Waals surface area contributed by atoms with Crippen molar-refractivity contribution in [2.24, 2.45) is 5.10 Å². The number of hydrogen-bond donors (Lipinski definition) is 1. The molecule has 1 heterocycles. The van der Waals surface area contributed by atoms with Crippen LogP contribution < -0.4 is 10.2 Å². The molecule has 0 atom stereocenters. The van der Waals surface area contributed by atoms with Gasteiger partial charge in [0.25, 0.3) is 5.91 Å². The Morgan fingerprint density at radius 3 is 2.32 bits per heavy atom. The molecule has 0 saturated heterocycles. The van der Waals surface area contributed by atoms with E-state index in [1.54, 1.807) is 6.21 Å². The second-order valence-electron chi connectivity index (χ2n) is 8.77. The maximum Gasteiger partial charge on any atom is 0.271 e. The minimum absolute atomic E-state index is 0.276. The largest absolute Gasteiger partial charge is 0.488 e. The monoisotopic (exact) mass is 563 g/mol. The Hall–Kier alpha value is -4.42. The Morgan fingerprint density at radius 1 is 0.895 bits per heavy atom. The van der Waals surface area contributed by atoms with Crippen LogP contribution >= 0.6 is 15.9 Å². The molecule has 1 N–H and O–H groups in total. The third kappa shape index (κ3) is 5.93. The lowest BCUT2D eigenvalue weighted by Crippen LogP contribution is -2.17. The second kappa shape index (κ2) is 11.8. The number of amides is 1. The lowest BCUT2D eigenvalue weighted by molar-refractivity contribution is 0.0955. The van der Waals surface area contributed by atoms with Crippen molar-refractivity contribution in [1.82, 2.24) is 9.99 Å². The van der Waals surface area contributed by atoms with E-state index < -0.39 is 0 Å². The van der Waals surface area contributed by atoms with Gasteiger partial charge < -0.3 is 9.30 Å². The summed E-state index contributed by atoms with van der Waals surface area (Å²) in [5, 5.41) is 4.13. The maximum atomic E-state index is 12.7. The van der Waals surface area contributed by atoms with Crippen LogP contribution in [0, 0.1) is 6.92 Å². The van der Waals surface area contributed by atoms with Gasteiger partial charge in [0, 0.05) is 16.9 Å². The zero-order valence-electron chi connectivity index (χ0n) is 20.8. The van der Waals surface area contributed by atoms with Gasteiger partial charge in [0.2, 0.25) is 0 Å². The van der Waals surface area contributed by atoms with Crippen LogP contribution in [0.3, 0.4) is 0 Å². The molecule has 188 valence electrons. The van der Waals surface area contributed by atoms with Crippen LogP contribution in [0.15, 0.2) is 125 Å². The van der Waals surface area contributed by atoms with E-state index in [2.05, 4.69) is 62.2 Å². The van der Waals surface area contributed by atoms with Crippen molar-refractivity contribution in [2.75, 3.05) is 0 Å². The van der Waals surface area contributed by atoms with Crippen molar-refractivity contribution in [2.45, 2.75) is 13.5 Å². The van der Waals surface area contributed by atoms with E-state index in [-0.39, 0.29) is 5.91 Å². The molecular formula is C32H26BrN3O2. The molecule has 1 amide bonds. The summed E-state index contributed by atoms with van der Waals surface area (Å²) < 4.78 is 8.89. The molecule has 0 radical (unpaired) electrons. The third-order valence-electron chi connectivity index (χ3n) is 6.11. The molecular weight excluding hydrogens is 538 g/mol. The molecule has 4 aromatic carbocycles. The number of nitrogens with one attached hydrogen (secondary N) is 1. The summed E-state index contributed by atoms with van der Waals surface area (Å²) in [6, 6.07) is 37.6. The lowest BCUT2D eigenvalue weighted by Gasteiger charge is -2.12. The summed E-state index contributed by atoms with van der Waals surface area (Å²) >= 11 is 3.55. The van der Waals surface area contributed by atoms with Crippen LogP contribution in [0.1, 0.15) is 27.2 Å². The van der Waals surface area contributed by atoms with E-state index in [0.29, 0.717) is 12.2 Å². The van der Waals surface area contributed by atoms with Crippen molar-refractivity contribution in [3.63, 3.8) is 0 Å². The summed E-state index contributed by atoms with van der Waals surface area (Å²) in [4.78, 5) is 12.7. The molecule has 5 rings (SSSR count). The van der Waals surface area contributed by atoms with Crippen LogP contribution in [0.5, 0.6) is 5.75 Å². The highest BCUT2D eigenvalue weighted by Crippen LogP contribution is 2.27. The minimum Gasteiger partial charge on any atom is -0.488 e. The number of nitrogens with zero attached hydrogens (tertiary/aromatic N) is 2. The van der Waals surface area contributed by atoms with Crippen LogP contribution in [0.4, 0.5) is 0 Å². The standard InChI is InChI=1S/C32H26BrN3O2/c1-23-12-18-30(26-10-6-3-7-11-26)36(23)28-16-14-27(15-17-28)32(37)35-34-21-25-13-19-31(29(33)20-25)38-22-24-8-4-2-5-9-24/h2-21H,22H2,1H3,(H,35,37)/b34-21+. The normalized spacial score (nSPS) is 11.0. The fourth-order valence-corrected chi connectivity index (χ4v) is 4.67. The highest BCUT2D eigenvalue weighted by Gasteiger charge is 2.11. The van der Waals surface area contributed by atoms with Gasteiger partial charge in [-0.15, -0.1) is 0 Å².